The van der Waals surface area contributed by atoms with Crippen molar-refractivity contribution in [1.29, 1.82) is 0 Å². The first kappa shape index (κ1) is 13.8. The molecule has 7 heteroatoms. The highest BCUT2D eigenvalue weighted by Gasteiger charge is 2.34. The lowest BCUT2D eigenvalue weighted by Gasteiger charge is -2.12. The average molecular weight is 312 g/mol. The molecule has 108 valence electrons. The fourth-order valence-corrected chi connectivity index (χ4v) is 2.46. The number of hydrogen-bond acceptors (Lipinski definition) is 2. The lowest BCUT2D eigenvalue weighted by molar-refractivity contribution is -0.137. The zero-order chi connectivity index (χ0) is 15.2. The van der Waals surface area contributed by atoms with Crippen LogP contribution >= 0.6 is 11.6 Å². The van der Waals surface area contributed by atoms with Crippen LogP contribution in [-0.4, -0.2) is 9.38 Å². The summed E-state index contributed by atoms with van der Waals surface area (Å²) in [7, 11) is 0. The number of anilines is 1. The molecule has 3 aromatic rings. The summed E-state index contributed by atoms with van der Waals surface area (Å²) in [5, 5.41) is 0.106. The van der Waals surface area contributed by atoms with Gasteiger partial charge >= 0.3 is 6.18 Å². The highest BCUT2D eigenvalue weighted by Crippen LogP contribution is 2.38. The number of aromatic nitrogens is 2. The van der Waals surface area contributed by atoms with E-state index in [9.17, 15) is 13.2 Å². The number of imidazole rings is 1. The summed E-state index contributed by atoms with van der Waals surface area (Å²) in [4.78, 5) is 4.04. The largest absolute Gasteiger partial charge is 0.417 e. The van der Waals surface area contributed by atoms with Gasteiger partial charge in [0.05, 0.1) is 11.1 Å². The van der Waals surface area contributed by atoms with Gasteiger partial charge in [0.2, 0.25) is 0 Å². The smallest absolute Gasteiger partial charge is 0.385 e. The van der Waals surface area contributed by atoms with Gasteiger partial charge in [-0.3, -0.25) is 4.40 Å². The summed E-state index contributed by atoms with van der Waals surface area (Å²) < 4.78 is 40.8. The number of fused-ring (bicyclic) bond motifs is 1. The third kappa shape index (κ3) is 2.21. The molecule has 1 aromatic carbocycles. The summed E-state index contributed by atoms with van der Waals surface area (Å²) in [6.45, 7) is 0. The van der Waals surface area contributed by atoms with Crippen LogP contribution in [0.3, 0.4) is 0 Å². The molecule has 2 N–H and O–H groups in total. The van der Waals surface area contributed by atoms with Crippen molar-refractivity contribution in [2.75, 3.05) is 5.73 Å². The lowest BCUT2D eigenvalue weighted by atomic mass is 10.1. The topological polar surface area (TPSA) is 43.3 Å². The predicted molar refractivity (Wildman–Crippen MR) is 75.1 cm³/mol. The number of nitrogens with zero attached hydrogens (tertiary/aromatic N) is 2. The van der Waals surface area contributed by atoms with Crippen LogP contribution in [0.1, 0.15) is 5.56 Å². The van der Waals surface area contributed by atoms with Crippen molar-refractivity contribution in [2.45, 2.75) is 6.18 Å². The van der Waals surface area contributed by atoms with Crippen LogP contribution in [0.2, 0.25) is 5.15 Å². The van der Waals surface area contributed by atoms with E-state index in [0.717, 1.165) is 6.07 Å². The van der Waals surface area contributed by atoms with E-state index in [0.29, 0.717) is 5.52 Å². The summed E-state index contributed by atoms with van der Waals surface area (Å²) in [5.41, 5.74) is 5.47. The molecule has 0 saturated carbocycles. The second-order valence-corrected chi connectivity index (χ2v) is 4.80. The molecule has 2 heterocycles. The van der Waals surface area contributed by atoms with Gasteiger partial charge in [0.25, 0.3) is 0 Å². The molecule has 2 aromatic heterocycles. The van der Waals surface area contributed by atoms with Gasteiger partial charge < -0.3 is 5.73 Å². The lowest BCUT2D eigenvalue weighted by Crippen LogP contribution is -2.08. The van der Waals surface area contributed by atoms with Gasteiger partial charge in [-0.2, -0.15) is 13.2 Å². The van der Waals surface area contributed by atoms with E-state index in [4.69, 9.17) is 17.3 Å². The van der Waals surface area contributed by atoms with Crippen molar-refractivity contribution >= 4 is 22.9 Å². The Hall–Kier alpha value is -2.21. The van der Waals surface area contributed by atoms with Crippen molar-refractivity contribution in [3.8, 4) is 11.4 Å². The van der Waals surface area contributed by atoms with Crippen molar-refractivity contribution in [3.63, 3.8) is 0 Å². The van der Waals surface area contributed by atoms with E-state index in [1.165, 1.54) is 22.6 Å². The zero-order valence-corrected chi connectivity index (χ0v) is 11.3. The van der Waals surface area contributed by atoms with Crippen LogP contribution in [0.5, 0.6) is 0 Å². The number of nitrogen functional groups attached to an aromatic ring is 1. The van der Waals surface area contributed by atoms with Gasteiger partial charge in [-0.05, 0) is 18.2 Å². The maximum atomic E-state index is 13.1. The Labute approximate surface area is 122 Å². The van der Waals surface area contributed by atoms with E-state index in [1.807, 2.05) is 0 Å². The van der Waals surface area contributed by atoms with Crippen LogP contribution in [0, 0.1) is 0 Å². The minimum atomic E-state index is -4.49. The number of alkyl halides is 3. The molecule has 3 nitrogen and oxygen atoms in total. The number of halogens is 4. The second-order valence-electron chi connectivity index (χ2n) is 4.44. The van der Waals surface area contributed by atoms with Gasteiger partial charge in [0.15, 0.2) is 5.15 Å². The van der Waals surface area contributed by atoms with Crippen molar-refractivity contribution in [2.24, 2.45) is 0 Å². The number of rotatable bonds is 1. The fraction of sp³-hybridized carbons (Fsp3) is 0.0714. The highest BCUT2D eigenvalue weighted by molar-refractivity contribution is 6.33. The second kappa shape index (κ2) is 4.66. The first-order chi connectivity index (χ1) is 9.89. The molecular weight excluding hydrogens is 303 g/mol. The van der Waals surface area contributed by atoms with E-state index < -0.39 is 11.7 Å². The van der Waals surface area contributed by atoms with Crippen molar-refractivity contribution < 1.29 is 13.2 Å². The molecule has 21 heavy (non-hydrogen) atoms. The summed E-state index contributed by atoms with van der Waals surface area (Å²) in [6.07, 6.45) is -4.49. The standard InChI is InChI=1S/C14H9ClF3N3/c15-12-10-6-3-7-11(19)21(10)13(20-12)8-4-1-2-5-9(8)14(16,17)18/h1-7H,19H2. The molecule has 0 bridgehead atoms. The molecule has 0 unspecified atom stereocenters. The van der Waals surface area contributed by atoms with Crippen LogP contribution < -0.4 is 5.73 Å². The summed E-state index contributed by atoms with van der Waals surface area (Å²) in [5.74, 6) is 0.333. The zero-order valence-electron chi connectivity index (χ0n) is 10.5. The Bertz CT molecular complexity index is 824. The molecule has 3 rings (SSSR count). The quantitative estimate of drug-likeness (QED) is 0.730. The van der Waals surface area contributed by atoms with Crippen molar-refractivity contribution in [3.05, 3.63) is 53.2 Å². The maximum absolute atomic E-state index is 13.1. The van der Waals surface area contributed by atoms with Gasteiger partial charge in [-0.25, -0.2) is 4.98 Å². The summed E-state index contributed by atoms with van der Waals surface area (Å²) >= 11 is 6.00. The Balaban J connectivity index is 2.38. The first-order valence-electron chi connectivity index (χ1n) is 5.98. The number of hydrogen-bond donors (Lipinski definition) is 1. The molecule has 0 spiro atoms. The molecule has 0 fully saturated rings. The minimum Gasteiger partial charge on any atom is -0.385 e. The number of pyridine rings is 1. The van der Waals surface area contributed by atoms with E-state index in [-0.39, 0.29) is 22.4 Å². The van der Waals surface area contributed by atoms with Gasteiger partial charge in [-0.1, -0.05) is 35.9 Å². The number of nitrogens with two attached hydrogens (primary N) is 1. The maximum Gasteiger partial charge on any atom is 0.417 e. The average Bonchev–Trinajstić information content (AvgIpc) is 2.77. The minimum absolute atomic E-state index is 0.0650. The summed E-state index contributed by atoms with van der Waals surface area (Å²) in [6, 6.07) is 10.1. The molecule has 0 saturated heterocycles. The van der Waals surface area contributed by atoms with E-state index in [1.54, 1.807) is 18.2 Å². The third-order valence-electron chi connectivity index (χ3n) is 3.12. The Morgan fingerprint density at radius 3 is 2.48 bits per heavy atom. The molecule has 0 amide bonds. The molecule has 0 aliphatic rings. The van der Waals surface area contributed by atoms with Gasteiger partial charge in [0.1, 0.15) is 11.6 Å². The SMILES string of the molecule is Nc1cccc2c(Cl)nc(-c3ccccc3C(F)(F)F)n12. The number of benzene rings is 1. The molecule has 0 aliphatic heterocycles. The van der Waals surface area contributed by atoms with Crippen LogP contribution in [0.15, 0.2) is 42.5 Å². The van der Waals surface area contributed by atoms with Crippen LogP contribution in [-0.2, 0) is 6.18 Å². The Morgan fingerprint density at radius 1 is 1.05 bits per heavy atom. The van der Waals surface area contributed by atoms with E-state index >= 15 is 0 Å². The molecule has 0 atom stereocenters. The van der Waals surface area contributed by atoms with Crippen LogP contribution in [0.4, 0.5) is 19.0 Å². The predicted octanol–water partition coefficient (Wildman–Crippen LogP) is 4.26. The van der Waals surface area contributed by atoms with Gasteiger partial charge in [0, 0.05) is 5.56 Å². The third-order valence-corrected chi connectivity index (χ3v) is 3.40. The Morgan fingerprint density at radius 2 is 1.76 bits per heavy atom. The highest BCUT2D eigenvalue weighted by atomic mass is 35.5. The van der Waals surface area contributed by atoms with Gasteiger partial charge in [-0.15, -0.1) is 0 Å². The van der Waals surface area contributed by atoms with Crippen molar-refractivity contribution in [1.82, 2.24) is 9.38 Å². The van der Waals surface area contributed by atoms with E-state index in [2.05, 4.69) is 4.98 Å². The molecular formula is C14H9ClF3N3. The first-order valence-corrected chi connectivity index (χ1v) is 6.36. The molecule has 0 aliphatic carbocycles. The normalized spacial score (nSPS) is 12.0. The monoisotopic (exact) mass is 311 g/mol. The van der Waals surface area contributed by atoms with Crippen LogP contribution in [0.25, 0.3) is 16.9 Å². The fourth-order valence-electron chi connectivity index (χ4n) is 2.23. The molecule has 0 radical (unpaired) electrons. The Kier molecular flexibility index (Phi) is 3.06.